The number of hydrogen-bond acceptors (Lipinski definition) is 8. The number of pyridine rings is 2. The maximum Gasteiger partial charge on any atom is 0.322 e. The Balaban J connectivity index is 1.41. The van der Waals surface area contributed by atoms with Gasteiger partial charge in [0.15, 0.2) is 11.3 Å². The second-order valence-electron chi connectivity index (χ2n) is 9.55. The van der Waals surface area contributed by atoms with E-state index in [1.165, 1.54) is 0 Å². The molecule has 1 fully saturated rings. The summed E-state index contributed by atoms with van der Waals surface area (Å²) < 4.78 is 5.32. The van der Waals surface area contributed by atoms with Gasteiger partial charge in [-0.05, 0) is 47.9 Å². The number of imide groups is 1. The second-order valence-corrected chi connectivity index (χ2v) is 9.55. The van der Waals surface area contributed by atoms with Crippen molar-refractivity contribution in [1.82, 2.24) is 25.5 Å². The summed E-state index contributed by atoms with van der Waals surface area (Å²) in [5.41, 5.74) is 4.04. The summed E-state index contributed by atoms with van der Waals surface area (Å²) in [7, 11) is 3.30. The predicted octanol–water partition coefficient (Wildman–Crippen LogP) is 2.21. The quantitative estimate of drug-likeness (QED) is 0.269. The lowest BCUT2D eigenvalue weighted by atomic mass is 9.89. The zero-order valence-corrected chi connectivity index (χ0v) is 21.4. The number of aryl methyl sites for hydroxylation is 1. The Morgan fingerprint density at radius 3 is 2.71 bits per heavy atom. The Morgan fingerprint density at radius 1 is 1.16 bits per heavy atom. The topological polar surface area (TPSA) is 126 Å². The van der Waals surface area contributed by atoms with Crippen molar-refractivity contribution in [2.75, 3.05) is 20.7 Å². The fraction of sp³-hybridized carbons (Fsp3) is 0.286. The van der Waals surface area contributed by atoms with Crippen molar-refractivity contribution >= 4 is 23.9 Å². The smallest absolute Gasteiger partial charge is 0.322 e. The molecule has 3 amide bonds. The van der Waals surface area contributed by atoms with Crippen LogP contribution in [0.2, 0.25) is 0 Å². The van der Waals surface area contributed by atoms with Gasteiger partial charge < -0.3 is 10.1 Å². The van der Waals surface area contributed by atoms with Gasteiger partial charge in [-0.15, -0.1) is 0 Å². The van der Waals surface area contributed by atoms with Gasteiger partial charge in [-0.3, -0.25) is 34.8 Å². The molecule has 0 saturated carbocycles. The number of nitrogens with one attached hydrogen (secondary N) is 2. The number of benzene rings is 1. The number of aromatic nitrogens is 2. The van der Waals surface area contributed by atoms with E-state index in [0.717, 1.165) is 33.6 Å². The van der Waals surface area contributed by atoms with E-state index in [-0.39, 0.29) is 13.0 Å². The largest absolute Gasteiger partial charge is 0.497 e. The highest BCUT2D eigenvalue weighted by Crippen LogP contribution is 2.29. The first kappa shape index (κ1) is 25.2. The third-order valence-electron chi connectivity index (χ3n) is 6.94. The van der Waals surface area contributed by atoms with Crippen LogP contribution in [0.5, 0.6) is 5.75 Å². The number of urea groups is 1. The van der Waals surface area contributed by atoms with Crippen LogP contribution in [0.3, 0.4) is 0 Å². The van der Waals surface area contributed by atoms with Gasteiger partial charge in [0.2, 0.25) is 0 Å². The van der Waals surface area contributed by atoms with Crippen molar-refractivity contribution in [3.05, 3.63) is 76.7 Å². The second kappa shape index (κ2) is 10.1. The maximum absolute atomic E-state index is 13.8. The lowest BCUT2D eigenvalue weighted by Crippen LogP contribution is -2.60. The summed E-state index contributed by atoms with van der Waals surface area (Å²) in [5.74, 6) is -0.329. The van der Waals surface area contributed by atoms with Crippen molar-refractivity contribution < 1.29 is 19.1 Å². The number of rotatable bonds is 8. The van der Waals surface area contributed by atoms with Crippen molar-refractivity contribution in [3.8, 4) is 17.0 Å². The van der Waals surface area contributed by atoms with E-state index in [0.29, 0.717) is 24.5 Å². The molecule has 0 aliphatic carbocycles. The molecule has 194 valence electrons. The summed E-state index contributed by atoms with van der Waals surface area (Å²) in [5, 5.41) is 4.89. The van der Waals surface area contributed by atoms with Crippen LogP contribution in [0.4, 0.5) is 4.79 Å². The number of methoxy groups -OCH3 is 1. The van der Waals surface area contributed by atoms with Gasteiger partial charge in [0.1, 0.15) is 5.75 Å². The maximum atomic E-state index is 13.8. The molecule has 2 aliphatic heterocycles. The average molecular weight is 513 g/mol. The molecule has 4 heterocycles. The van der Waals surface area contributed by atoms with Crippen LogP contribution in [0.15, 0.2) is 53.8 Å². The Kier molecular flexibility index (Phi) is 6.73. The minimum absolute atomic E-state index is 0.0431. The van der Waals surface area contributed by atoms with E-state index in [9.17, 15) is 14.4 Å². The first-order valence-corrected chi connectivity index (χ1v) is 12.2. The summed E-state index contributed by atoms with van der Waals surface area (Å²) in [4.78, 5) is 54.1. The number of ketones is 1. The van der Waals surface area contributed by atoms with E-state index in [4.69, 9.17) is 9.72 Å². The molecule has 0 radical (unpaired) electrons. The molecule has 0 spiro atoms. The molecular weight excluding hydrogens is 484 g/mol. The van der Waals surface area contributed by atoms with Crippen LogP contribution in [-0.2, 0) is 29.1 Å². The minimum atomic E-state index is -1.72. The number of carbonyl (C=O) groups is 3. The lowest BCUT2D eigenvalue weighted by molar-refractivity contribution is -0.135. The number of carbonyl (C=O) groups excluding carboxylic acids is 3. The van der Waals surface area contributed by atoms with Crippen LogP contribution in [0.1, 0.15) is 27.9 Å². The first-order valence-electron chi connectivity index (χ1n) is 12.2. The SMILES string of the molecule is CN=Cc1cncc(-c2ccc(C)c(CC(=O)C3(CN4Cc5ccc(OC)cc5C4)NC(=O)NC3=O)n2)c1. The van der Waals surface area contributed by atoms with Gasteiger partial charge in [0.05, 0.1) is 24.9 Å². The Hall–Kier alpha value is -4.44. The van der Waals surface area contributed by atoms with Gasteiger partial charge in [0, 0.05) is 56.4 Å². The molecule has 0 bridgehead atoms. The van der Waals surface area contributed by atoms with Crippen LogP contribution in [0.25, 0.3) is 11.3 Å². The monoisotopic (exact) mass is 512 g/mol. The molecule has 10 nitrogen and oxygen atoms in total. The van der Waals surface area contributed by atoms with Crippen molar-refractivity contribution in [1.29, 1.82) is 0 Å². The van der Waals surface area contributed by atoms with Crippen molar-refractivity contribution in [3.63, 3.8) is 0 Å². The molecular formula is C28H28N6O4. The zero-order valence-electron chi connectivity index (χ0n) is 21.4. The number of aliphatic imine (C=N–C) groups is 1. The summed E-state index contributed by atoms with van der Waals surface area (Å²) in [6, 6.07) is 10.8. The van der Waals surface area contributed by atoms with Crippen LogP contribution in [0, 0.1) is 6.92 Å². The van der Waals surface area contributed by atoms with Gasteiger partial charge in [-0.2, -0.15) is 0 Å². The zero-order chi connectivity index (χ0) is 26.9. The molecule has 1 aromatic carbocycles. The fourth-order valence-corrected chi connectivity index (χ4v) is 4.93. The Morgan fingerprint density at radius 2 is 1.97 bits per heavy atom. The number of Topliss-reactive ketones (excluding diaryl/α,β-unsaturated/α-hetero) is 1. The fourth-order valence-electron chi connectivity index (χ4n) is 4.93. The van der Waals surface area contributed by atoms with Gasteiger partial charge in [-0.1, -0.05) is 12.1 Å². The summed E-state index contributed by atoms with van der Waals surface area (Å²) >= 11 is 0. The lowest BCUT2D eigenvalue weighted by Gasteiger charge is -2.29. The molecule has 10 heteroatoms. The highest BCUT2D eigenvalue weighted by Gasteiger charge is 2.53. The van der Waals surface area contributed by atoms with Crippen molar-refractivity contribution in [2.24, 2.45) is 4.99 Å². The van der Waals surface area contributed by atoms with Crippen LogP contribution in [-0.4, -0.2) is 65.0 Å². The van der Waals surface area contributed by atoms with Gasteiger partial charge >= 0.3 is 6.03 Å². The van der Waals surface area contributed by atoms with E-state index >= 15 is 0 Å². The Labute approximate surface area is 220 Å². The van der Waals surface area contributed by atoms with Crippen molar-refractivity contribution in [2.45, 2.75) is 32.0 Å². The highest BCUT2D eigenvalue weighted by atomic mass is 16.5. The third kappa shape index (κ3) is 4.78. The number of nitrogens with zero attached hydrogens (tertiary/aromatic N) is 4. The van der Waals surface area contributed by atoms with E-state index in [1.807, 2.05) is 48.2 Å². The molecule has 2 aliphatic rings. The van der Waals surface area contributed by atoms with Gasteiger partial charge in [0.25, 0.3) is 5.91 Å². The third-order valence-corrected chi connectivity index (χ3v) is 6.94. The summed E-state index contributed by atoms with van der Waals surface area (Å²) in [6.45, 7) is 2.99. The number of fused-ring (bicyclic) bond motifs is 1. The average Bonchev–Trinajstić information content (AvgIpc) is 3.44. The molecule has 2 N–H and O–H groups in total. The van der Waals surface area contributed by atoms with E-state index in [2.05, 4.69) is 20.6 Å². The molecule has 2 aromatic heterocycles. The normalized spacial score (nSPS) is 18.9. The predicted molar refractivity (Wildman–Crippen MR) is 141 cm³/mol. The molecule has 3 aromatic rings. The van der Waals surface area contributed by atoms with Crippen LogP contribution >= 0.6 is 0 Å². The molecule has 5 rings (SSSR count). The first-order chi connectivity index (χ1) is 18.3. The standard InChI is InChI=1S/C28H28N6O4/c1-17-4-7-23(20-8-18(11-29-2)12-30-13-20)31-24(17)10-25(35)28(26(36)32-27(37)33-28)16-34-14-19-5-6-22(38-3)9-21(19)15-34/h4-9,11-13H,10,14-16H2,1-3H3,(H2,32,33,36,37). The number of ether oxygens (including phenoxy) is 1. The summed E-state index contributed by atoms with van der Waals surface area (Å²) in [6.07, 6.45) is 4.98. The number of hydrogen-bond donors (Lipinski definition) is 2. The van der Waals surface area contributed by atoms with Gasteiger partial charge in [-0.25, -0.2) is 4.79 Å². The molecule has 1 saturated heterocycles. The molecule has 1 unspecified atom stereocenters. The van der Waals surface area contributed by atoms with Crippen LogP contribution < -0.4 is 15.4 Å². The molecule has 38 heavy (non-hydrogen) atoms. The van der Waals surface area contributed by atoms with E-state index < -0.39 is 23.3 Å². The number of amides is 3. The highest BCUT2D eigenvalue weighted by molar-refractivity contribution is 6.21. The minimum Gasteiger partial charge on any atom is -0.497 e. The Bertz CT molecular complexity index is 1470. The molecule has 1 atom stereocenters. The van der Waals surface area contributed by atoms with E-state index in [1.54, 1.807) is 32.8 Å².